The molecule has 0 bridgehead atoms. The topological polar surface area (TPSA) is 102 Å². The monoisotopic (exact) mass is 394 g/mol. The SMILES string of the molecule is C=CCN1C(=O)c2ccc(C(=O)OCC(=O)Nc3cccc(OC)c3)cc2C1=O. The van der Waals surface area contributed by atoms with Gasteiger partial charge in [-0.2, -0.15) is 0 Å². The summed E-state index contributed by atoms with van der Waals surface area (Å²) >= 11 is 0. The van der Waals surface area contributed by atoms with Crippen molar-refractivity contribution >= 4 is 29.4 Å². The molecule has 1 N–H and O–H groups in total. The first kappa shape index (κ1) is 19.8. The number of ether oxygens (including phenoxy) is 2. The largest absolute Gasteiger partial charge is 0.497 e. The maximum Gasteiger partial charge on any atom is 0.338 e. The normalized spacial score (nSPS) is 12.4. The van der Waals surface area contributed by atoms with E-state index in [0.29, 0.717) is 11.4 Å². The van der Waals surface area contributed by atoms with Crippen molar-refractivity contribution in [2.75, 3.05) is 25.6 Å². The number of nitrogens with one attached hydrogen (secondary N) is 1. The summed E-state index contributed by atoms with van der Waals surface area (Å²) in [5.74, 6) is -1.69. The van der Waals surface area contributed by atoms with Gasteiger partial charge in [0, 0.05) is 18.3 Å². The third-order valence-electron chi connectivity index (χ3n) is 4.21. The minimum Gasteiger partial charge on any atom is -0.497 e. The zero-order chi connectivity index (χ0) is 21.0. The van der Waals surface area contributed by atoms with Gasteiger partial charge in [0.05, 0.1) is 23.8 Å². The molecule has 29 heavy (non-hydrogen) atoms. The zero-order valence-corrected chi connectivity index (χ0v) is 15.6. The number of fused-ring (bicyclic) bond motifs is 1. The Bertz CT molecular complexity index is 1010. The van der Waals surface area contributed by atoms with Crippen LogP contribution in [0, 0.1) is 0 Å². The summed E-state index contributed by atoms with van der Waals surface area (Å²) in [4.78, 5) is 49.8. The smallest absolute Gasteiger partial charge is 0.338 e. The van der Waals surface area contributed by atoms with Gasteiger partial charge in [-0.25, -0.2) is 4.79 Å². The molecular weight excluding hydrogens is 376 g/mol. The molecule has 3 amide bonds. The van der Waals surface area contributed by atoms with Gasteiger partial charge in [-0.3, -0.25) is 19.3 Å². The Morgan fingerprint density at radius 1 is 1.10 bits per heavy atom. The molecule has 2 aromatic rings. The molecule has 0 saturated heterocycles. The molecular formula is C21H18N2O6. The van der Waals surface area contributed by atoms with Gasteiger partial charge < -0.3 is 14.8 Å². The van der Waals surface area contributed by atoms with Gasteiger partial charge in [-0.1, -0.05) is 12.1 Å². The van der Waals surface area contributed by atoms with Crippen LogP contribution >= 0.6 is 0 Å². The van der Waals surface area contributed by atoms with Crippen LogP contribution in [0.15, 0.2) is 55.1 Å². The van der Waals surface area contributed by atoms with Crippen molar-refractivity contribution in [1.82, 2.24) is 4.90 Å². The number of rotatable bonds is 7. The van der Waals surface area contributed by atoms with Gasteiger partial charge in [0.15, 0.2) is 6.61 Å². The first-order chi connectivity index (χ1) is 13.9. The molecule has 0 spiro atoms. The van der Waals surface area contributed by atoms with Crippen LogP contribution in [-0.2, 0) is 9.53 Å². The Labute approximate surface area is 166 Å². The van der Waals surface area contributed by atoms with Crippen LogP contribution in [0.1, 0.15) is 31.1 Å². The summed E-state index contributed by atoms with van der Waals surface area (Å²) in [5, 5.41) is 2.59. The fourth-order valence-electron chi connectivity index (χ4n) is 2.82. The van der Waals surface area contributed by atoms with E-state index < -0.39 is 30.3 Å². The van der Waals surface area contributed by atoms with Crippen LogP contribution in [0.3, 0.4) is 0 Å². The van der Waals surface area contributed by atoms with Gasteiger partial charge in [-0.15, -0.1) is 6.58 Å². The maximum absolute atomic E-state index is 12.3. The van der Waals surface area contributed by atoms with Crippen molar-refractivity contribution in [2.24, 2.45) is 0 Å². The predicted octanol–water partition coefficient (Wildman–Crippen LogP) is 2.27. The average molecular weight is 394 g/mol. The lowest BCUT2D eigenvalue weighted by Crippen LogP contribution is -2.29. The van der Waals surface area contributed by atoms with Gasteiger partial charge in [0.25, 0.3) is 17.7 Å². The van der Waals surface area contributed by atoms with Crippen LogP contribution in [0.2, 0.25) is 0 Å². The minimum atomic E-state index is -0.781. The van der Waals surface area contributed by atoms with Gasteiger partial charge in [0.2, 0.25) is 0 Å². The Hall–Kier alpha value is -3.94. The summed E-state index contributed by atoms with van der Waals surface area (Å²) in [6.07, 6.45) is 1.44. The molecule has 0 atom stereocenters. The van der Waals surface area contributed by atoms with Crippen LogP contribution in [0.25, 0.3) is 0 Å². The predicted molar refractivity (Wildman–Crippen MR) is 104 cm³/mol. The number of imide groups is 1. The highest BCUT2D eigenvalue weighted by atomic mass is 16.5. The first-order valence-electron chi connectivity index (χ1n) is 8.66. The standard InChI is InChI=1S/C21H18N2O6/c1-3-9-23-19(25)16-8-7-13(10-17(16)20(23)26)21(27)29-12-18(24)22-14-5-4-6-15(11-14)28-2/h3-8,10-11H,1,9,12H2,2H3,(H,22,24). The fraction of sp³-hybridized carbons (Fsp3) is 0.143. The van der Waals surface area contributed by atoms with E-state index >= 15 is 0 Å². The molecule has 1 heterocycles. The number of nitrogens with zero attached hydrogens (tertiary/aromatic N) is 1. The summed E-state index contributed by atoms with van der Waals surface area (Å²) in [6, 6.07) is 10.8. The molecule has 3 rings (SSSR count). The van der Waals surface area contributed by atoms with Crippen molar-refractivity contribution in [3.8, 4) is 5.75 Å². The molecule has 0 saturated carbocycles. The maximum atomic E-state index is 12.3. The van der Waals surface area contributed by atoms with E-state index in [-0.39, 0.29) is 23.2 Å². The molecule has 148 valence electrons. The van der Waals surface area contributed by atoms with Gasteiger partial charge in [0.1, 0.15) is 5.75 Å². The summed E-state index contributed by atoms with van der Waals surface area (Å²) in [6.45, 7) is 3.09. The molecule has 8 nitrogen and oxygen atoms in total. The Kier molecular flexibility index (Phi) is 5.73. The molecule has 0 aromatic heterocycles. The molecule has 0 unspecified atom stereocenters. The lowest BCUT2D eigenvalue weighted by Gasteiger charge is -2.09. The Morgan fingerprint density at radius 2 is 1.86 bits per heavy atom. The number of hydrogen-bond acceptors (Lipinski definition) is 6. The van der Waals surface area contributed by atoms with Crippen LogP contribution in [0.4, 0.5) is 5.69 Å². The first-order valence-corrected chi connectivity index (χ1v) is 8.66. The summed E-state index contributed by atoms with van der Waals surface area (Å²) in [7, 11) is 1.51. The second-order valence-electron chi connectivity index (χ2n) is 6.13. The molecule has 0 fully saturated rings. The minimum absolute atomic E-state index is 0.0690. The molecule has 8 heteroatoms. The molecule has 1 aliphatic rings. The fourth-order valence-corrected chi connectivity index (χ4v) is 2.82. The van der Waals surface area contributed by atoms with E-state index in [1.54, 1.807) is 24.3 Å². The number of carbonyl (C=O) groups is 4. The molecule has 0 aliphatic carbocycles. The number of anilines is 1. The number of amides is 3. The van der Waals surface area contributed by atoms with Crippen molar-refractivity contribution in [3.05, 3.63) is 71.8 Å². The van der Waals surface area contributed by atoms with Crippen molar-refractivity contribution in [3.63, 3.8) is 0 Å². The highest BCUT2D eigenvalue weighted by Crippen LogP contribution is 2.24. The lowest BCUT2D eigenvalue weighted by atomic mass is 10.1. The molecule has 0 radical (unpaired) electrons. The van der Waals surface area contributed by atoms with Crippen LogP contribution in [0.5, 0.6) is 5.75 Å². The van der Waals surface area contributed by atoms with E-state index in [1.165, 1.54) is 31.4 Å². The van der Waals surface area contributed by atoms with E-state index in [9.17, 15) is 19.2 Å². The highest BCUT2D eigenvalue weighted by Gasteiger charge is 2.35. The summed E-state index contributed by atoms with van der Waals surface area (Å²) in [5.41, 5.74) is 0.894. The van der Waals surface area contributed by atoms with Crippen molar-refractivity contribution < 1.29 is 28.7 Å². The summed E-state index contributed by atoms with van der Waals surface area (Å²) < 4.78 is 10.1. The van der Waals surface area contributed by atoms with Crippen LogP contribution in [-0.4, -0.2) is 48.9 Å². The second kappa shape index (κ2) is 8.39. The van der Waals surface area contributed by atoms with Crippen molar-refractivity contribution in [2.45, 2.75) is 0 Å². The van der Waals surface area contributed by atoms with E-state index in [2.05, 4.69) is 11.9 Å². The van der Waals surface area contributed by atoms with E-state index in [1.807, 2.05) is 0 Å². The van der Waals surface area contributed by atoms with E-state index in [0.717, 1.165) is 4.90 Å². The lowest BCUT2D eigenvalue weighted by molar-refractivity contribution is -0.119. The third-order valence-corrected chi connectivity index (χ3v) is 4.21. The number of carbonyl (C=O) groups excluding carboxylic acids is 4. The number of benzene rings is 2. The molecule has 2 aromatic carbocycles. The van der Waals surface area contributed by atoms with Crippen LogP contribution < -0.4 is 10.1 Å². The van der Waals surface area contributed by atoms with Gasteiger partial charge in [-0.05, 0) is 30.3 Å². The average Bonchev–Trinajstić information content (AvgIpc) is 2.97. The third kappa shape index (κ3) is 4.16. The quantitative estimate of drug-likeness (QED) is 0.439. The highest BCUT2D eigenvalue weighted by molar-refractivity contribution is 6.22. The zero-order valence-electron chi connectivity index (χ0n) is 15.6. The number of methoxy groups -OCH3 is 1. The Morgan fingerprint density at radius 3 is 2.59 bits per heavy atom. The van der Waals surface area contributed by atoms with E-state index in [4.69, 9.17) is 9.47 Å². The number of hydrogen-bond donors (Lipinski definition) is 1. The van der Waals surface area contributed by atoms with Crippen molar-refractivity contribution in [1.29, 1.82) is 0 Å². The number of esters is 1. The molecule has 1 aliphatic heterocycles. The Balaban J connectivity index is 1.63. The van der Waals surface area contributed by atoms with Gasteiger partial charge >= 0.3 is 5.97 Å². The second-order valence-corrected chi connectivity index (χ2v) is 6.13.